The zero-order valence-electron chi connectivity index (χ0n) is 11.6. The molecule has 0 aliphatic heterocycles. The maximum atomic E-state index is 11.4. The van der Waals surface area contributed by atoms with Gasteiger partial charge in [0.05, 0.1) is 18.2 Å². The highest BCUT2D eigenvalue weighted by molar-refractivity contribution is 5.99. The molecule has 0 aliphatic rings. The topological polar surface area (TPSA) is 101 Å². The van der Waals surface area contributed by atoms with Gasteiger partial charge in [-0.1, -0.05) is 30.3 Å². The molecule has 0 spiro atoms. The monoisotopic (exact) mass is 285 g/mol. The lowest BCUT2D eigenvalue weighted by Gasteiger charge is -2.19. The first-order valence-corrected chi connectivity index (χ1v) is 6.71. The van der Waals surface area contributed by atoms with Crippen LogP contribution in [0.1, 0.15) is 15.9 Å². The number of carbonyl (C=O) groups excluding carboxylic acids is 1. The lowest BCUT2D eigenvalue weighted by atomic mass is 10.0. The summed E-state index contributed by atoms with van der Waals surface area (Å²) in [6.45, 7) is -0.0676. The molecule has 21 heavy (non-hydrogen) atoms. The number of aliphatic hydroxyl groups is 1. The van der Waals surface area contributed by atoms with E-state index in [0.29, 0.717) is 23.4 Å². The molecule has 0 saturated heterocycles. The van der Waals surface area contributed by atoms with E-state index in [-0.39, 0.29) is 12.6 Å². The van der Waals surface area contributed by atoms with Crippen LogP contribution in [0.25, 0.3) is 0 Å². The average Bonchev–Trinajstić information content (AvgIpc) is 2.47. The third-order valence-electron chi connectivity index (χ3n) is 3.21. The van der Waals surface area contributed by atoms with Gasteiger partial charge in [-0.2, -0.15) is 0 Å². The van der Waals surface area contributed by atoms with Crippen LogP contribution >= 0.6 is 0 Å². The van der Waals surface area contributed by atoms with Crippen molar-refractivity contribution >= 4 is 17.3 Å². The number of hydrogen-bond donors (Lipinski definition) is 4. The van der Waals surface area contributed by atoms with E-state index in [1.807, 2.05) is 30.3 Å². The van der Waals surface area contributed by atoms with E-state index in [1.165, 1.54) is 0 Å². The van der Waals surface area contributed by atoms with Crippen LogP contribution in [0.5, 0.6) is 0 Å². The lowest BCUT2D eigenvalue weighted by molar-refractivity contribution is 0.100. The lowest BCUT2D eigenvalue weighted by Crippen LogP contribution is -2.28. The van der Waals surface area contributed by atoms with Crippen molar-refractivity contribution in [1.29, 1.82) is 0 Å². The highest BCUT2D eigenvalue weighted by Crippen LogP contribution is 2.20. The van der Waals surface area contributed by atoms with Crippen LogP contribution in [0, 0.1) is 0 Å². The number of aliphatic hydroxyl groups excluding tert-OH is 1. The van der Waals surface area contributed by atoms with Gasteiger partial charge in [0, 0.05) is 11.4 Å². The van der Waals surface area contributed by atoms with Crippen molar-refractivity contribution in [3.05, 3.63) is 59.7 Å². The van der Waals surface area contributed by atoms with Crippen LogP contribution in [-0.4, -0.2) is 23.7 Å². The van der Waals surface area contributed by atoms with Crippen LogP contribution in [0.4, 0.5) is 11.4 Å². The molecule has 6 N–H and O–H groups in total. The van der Waals surface area contributed by atoms with Crippen LogP contribution < -0.4 is 16.8 Å². The second-order valence-corrected chi connectivity index (χ2v) is 4.88. The number of benzene rings is 2. The van der Waals surface area contributed by atoms with Crippen LogP contribution in [-0.2, 0) is 6.42 Å². The minimum atomic E-state index is -0.533. The third kappa shape index (κ3) is 3.97. The summed E-state index contributed by atoms with van der Waals surface area (Å²) in [5.74, 6) is -0.533. The number of rotatable bonds is 6. The van der Waals surface area contributed by atoms with Crippen molar-refractivity contribution in [3.8, 4) is 0 Å². The molecule has 0 radical (unpaired) electrons. The Labute approximate surface area is 123 Å². The fourth-order valence-corrected chi connectivity index (χ4v) is 2.18. The first kappa shape index (κ1) is 14.9. The summed E-state index contributed by atoms with van der Waals surface area (Å²) in [5, 5.41) is 12.7. The molecule has 1 unspecified atom stereocenters. The predicted octanol–water partition coefficient (Wildman–Crippen LogP) is 1.38. The van der Waals surface area contributed by atoms with Gasteiger partial charge in [-0.25, -0.2) is 0 Å². The Morgan fingerprint density at radius 1 is 1.19 bits per heavy atom. The van der Waals surface area contributed by atoms with Gasteiger partial charge in [0.25, 0.3) is 5.91 Å². The molecular formula is C16H19N3O2. The van der Waals surface area contributed by atoms with Gasteiger partial charge < -0.3 is 21.9 Å². The normalized spacial score (nSPS) is 11.9. The highest BCUT2D eigenvalue weighted by atomic mass is 16.3. The average molecular weight is 285 g/mol. The van der Waals surface area contributed by atoms with Crippen molar-refractivity contribution in [2.75, 3.05) is 17.7 Å². The summed E-state index contributed by atoms with van der Waals surface area (Å²) in [4.78, 5) is 11.4. The number of amides is 1. The predicted molar refractivity (Wildman–Crippen MR) is 84.0 cm³/mol. The van der Waals surface area contributed by atoms with E-state index in [0.717, 1.165) is 5.56 Å². The smallest absolute Gasteiger partial charge is 0.250 e. The molecular weight excluding hydrogens is 266 g/mol. The van der Waals surface area contributed by atoms with Gasteiger partial charge in [-0.15, -0.1) is 0 Å². The molecule has 2 aromatic carbocycles. The number of anilines is 2. The van der Waals surface area contributed by atoms with Gasteiger partial charge in [-0.3, -0.25) is 4.79 Å². The van der Waals surface area contributed by atoms with Gasteiger partial charge >= 0.3 is 0 Å². The second-order valence-electron chi connectivity index (χ2n) is 4.88. The Bertz CT molecular complexity index is 614. The summed E-state index contributed by atoms with van der Waals surface area (Å²) >= 11 is 0. The summed E-state index contributed by atoms with van der Waals surface area (Å²) in [6, 6.07) is 14.4. The summed E-state index contributed by atoms with van der Waals surface area (Å²) in [6.07, 6.45) is 0.629. The Balaban J connectivity index is 2.18. The zero-order valence-corrected chi connectivity index (χ0v) is 11.6. The molecule has 1 amide bonds. The van der Waals surface area contributed by atoms with E-state index in [2.05, 4.69) is 5.32 Å². The minimum Gasteiger partial charge on any atom is -0.399 e. The third-order valence-corrected chi connectivity index (χ3v) is 3.21. The molecule has 2 aromatic rings. The fraction of sp³-hybridized carbons (Fsp3) is 0.188. The van der Waals surface area contributed by atoms with Crippen molar-refractivity contribution in [2.24, 2.45) is 5.73 Å². The largest absolute Gasteiger partial charge is 0.399 e. The quantitative estimate of drug-likeness (QED) is 0.602. The molecule has 0 saturated carbocycles. The molecule has 5 nitrogen and oxygen atoms in total. The molecule has 0 aromatic heterocycles. The Morgan fingerprint density at radius 2 is 1.90 bits per heavy atom. The van der Waals surface area contributed by atoms with Gasteiger partial charge in [0.2, 0.25) is 0 Å². The van der Waals surface area contributed by atoms with E-state index < -0.39 is 5.91 Å². The highest BCUT2D eigenvalue weighted by Gasteiger charge is 2.13. The second kappa shape index (κ2) is 6.76. The molecule has 1 atom stereocenters. The van der Waals surface area contributed by atoms with Crippen molar-refractivity contribution in [3.63, 3.8) is 0 Å². The molecule has 2 rings (SSSR count). The Morgan fingerprint density at radius 3 is 2.52 bits per heavy atom. The molecule has 5 heteroatoms. The van der Waals surface area contributed by atoms with E-state index >= 15 is 0 Å². The first-order valence-electron chi connectivity index (χ1n) is 6.71. The fourth-order valence-electron chi connectivity index (χ4n) is 2.18. The maximum Gasteiger partial charge on any atom is 0.250 e. The number of nitrogen functional groups attached to an aromatic ring is 1. The SMILES string of the molecule is NC(=O)c1ccc(N)cc1NC(CO)Cc1ccccc1. The number of nitrogens with two attached hydrogens (primary N) is 2. The standard InChI is InChI=1S/C16H19N3O2/c17-12-6-7-14(16(18)21)15(9-12)19-13(10-20)8-11-4-2-1-3-5-11/h1-7,9,13,19-20H,8,10,17H2,(H2,18,21). The molecule has 0 aliphatic carbocycles. The van der Waals surface area contributed by atoms with Crippen LogP contribution in [0.15, 0.2) is 48.5 Å². The maximum absolute atomic E-state index is 11.4. The van der Waals surface area contributed by atoms with Gasteiger partial charge in [0.1, 0.15) is 0 Å². The van der Waals surface area contributed by atoms with Crippen molar-refractivity contribution in [2.45, 2.75) is 12.5 Å². The first-order chi connectivity index (χ1) is 10.1. The number of carbonyl (C=O) groups is 1. The summed E-state index contributed by atoms with van der Waals surface area (Å²) < 4.78 is 0. The number of hydrogen-bond acceptors (Lipinski definition) is 4. The van der Waals surface area contributed by atoms with Crippen LogP contribution in [0.3, 0.4) is 0 Å². The molecule has 0 heterocycles. The Kier molecular flexibility index (Phi) is 4.79. The van der Waals surface area contributed by atoms with Gasteiger partial charge in [0.15, 0.2) is 0 Å². The van der Waals surface area contributed by atoms with Crippen molar-refractivity contribution < 1.29 is 9.90 Å². The molecule has 0 bridgehead atoms. The van der Waals surface area contributed by atoms with Gasteiger partial charge in [-0.05, 0) is 30.2 Å². The summed E-state index contributed by atoms with van der Waals surface area (Å²) in [5.41, 5.74) is 13.6. The summed E-state index contributed by atoms with van der Waals surface area (Å²) in [7, 11) is 0. The van der Waals surface area contributed by atoms with E-state index in [9.17, 15) is 9.90 Å². The molecule has 110 valence electrons. The number of nitrogens with one attached hydrogen (secondary N) is 1. The van der Waals surface area contributed by atoms with E-state index in [4.69, 9.17) is 11.5 Å². The zero-order chi connectivity index (χ0) is 15.2. The van der Waals surface area contributed by atoms with Crippen LogP contribution in [0.2, 0.25) is 0 Å². The Hall–Kier alpha value is -2.53. The molecule has 0 fully saturated rings. The number of primary amides is 1. The van der Waals surface area contributed by atoms with Crippen molar-refractivity contribution in [1.82, 2.24) is 0 Å². The minimum absolute atomic E-state index is 0.0676. The van der Waals surface area contributed by atoms with E-state index in [1.54, 1.807) is 18.2 Å².